The minimum absolute atomic E-state index is 0.0387. The van der Waals surface area contributed by atoms with Crippen LogP contribution in [0, 0.1) is 11.7 Å². The van der Waals surface area contributed by atoms with Crippen LogP contribution in [0.4, 0.5) is 15.9 Å². The van der Waals surface area contributed by atoms with Crippen LogP contribution in [0.5, 0.6) is 5.75 Å². The Morgan fingerprint density at radius 1 is 1.18 bits per heavy atom. The van der Waals surface area contributed by atoms with Crippen LogP contribution in [0.3, 0.4) is 0 Å². The van der Waals surface area contributed by atoms with E-state index in [1.165, 1.54) is 18.5 Å². The van der Waals surface area contributed by atoms with Crippen molar-refractivity contribution in [1.29, 1.82) is 0 Å². The molecule has 5 rings (SSSR count). The van der Waals surface area contributed by atoms with Crippen molar-refractivity contribution >= 4 is 28.5 Å². The maximum absolute atomic E-state index is 13.4. The number of piperidine rings is 1. The van der Waals surface area contributed by atoms with Gasteiger partial charge in [0.2, 0.25) is 5.91 Å². The molecular formula is C25H24FN5O3. The monoisotopic (exact) mass is 461 g/mol. The van der Waals surface area contributed by atoms with Gasteiger partial charge < -0.3 is 19.5 Å². The maximum Gasteiger partial charge on any atom is 0.263 e. The largest absolute Gasteiger partial charge is 0.494 e. The molecule has 1 atom stereocenters. The second-order valence-electron chi connectivity index (χ2n) is 8.15. The fraction of sp³-hybridized carbons (Fsp3) is 0.280. The number of halogens is 1. The quantitative estimate of drug-likeness (QED) is 0.446. The summed E-state index contributed by atoms with van der Waals surface area (Å²) in [5.41, 5.74) is 2.34. The van der Waals surface area contributed by atoms with Gasteiger partial charge in [0.1, 0.15) is 34.8 Å². The topological polar surface area (TPSA) is 93.4 Å². The standard InChI is InChI=1S/C25H24FN5O3/c1-2-33-20-11-9-19(10-12-20)29-24(32)17-4-3-13-31(14-17)23-21-22(16-5-7-18(26)8-6-16)30-34-25(21)28-15-27-23/h5-12,15,17H,2-4,13-14H2,1H3,(H,29,32)/t17-/m1/s1. The van der Waals surface area contributed by atoms with Crippen LogP contribution >= 0.6 is 0 Å². The van der Waals surface area contributed by atoms with Crippen LogP contribution in [0.25, 0.3) is 22.4 Å². The van der Waals surface area contributed by atoms with E-state index >= 15 is 0 Å². The lowest BCUT2D eigenvalue weighted by atomic mass is 9.96. The molecule has 0 radical (unpaired) electrons. The molecule has 2 aromatic heterocycles. The smallest absolute Gasteiger partial charge is 0.263 e. The zero-order valence-electron chi connectivity index (χ0n) is 18.7. The molecule has 0 unspecified atom stereocenters. The van der Waals surface area contributed by atoms with Crippen molar-refractivity contribution in [3.05, 3.63) is 60.7 Å². The molecule has 4 aromatic rings. The fourth-order valence-electron chi connectivity index (χ4n) is 4.25. The van der Waals surface area contributed by atoms with E-state index in [2.05, 4.69) is 25.3 Å². The average Bonchev–Trinajstić information content (AvgIpc) is 3.30. The lowest BCUT2D eigenvalue weighted by Gasteiger charge is -2.33. The molecule has 0 saturated carbocycles. The third-order valence-electron chi connectivity index (χ3n) is 5.89. The van der Waals surface area contributed by atoms with Gasteiger partial charge in [-0.15, -0.1) is 0 Å². The van der Waals surface area contributed by atoms with E-state index in [0.717, 1.165) is 30.8 Å². The molecule has 9 heteroatoms. The summed E-state index contributed by atoms with van der Waals surface area (Å²) in [7, 11) is 0. The number of ether oxygens (including phenoxy) is 1. The molecule has 1 aliphatic heterocycles. The summed E-state index contributed by atoms with van der Waals surface area (Å²) in [6.07, 6.45) is 3.05. The number of aromatic nitrogens is 3. The number of rotatable bonds is 6. The van der Waals surface area contributed by atoms with Crippen molar-refractivity contribution in [2.75, 3.05) is 29.9 Å². The van der Waals surface area contributed by atoms with E-state index in [0.29, 0.717) is 41.3 Å². The second kappa shape index (κ2) is 9.46. The Bertz CT molecular complexity index is 1290. The van der Waals surface area contributed by atoms with Gasteiger partial charge in [0.05, 0.1) is 12.5 Å². The Morgan fingerprint density at radius 3 is 2.74 bits per heavy atom. The summed E-state index contributed by atoms with van der Waals surface area (Å²) in [5.74, 6) is 0.847. The van der Waals surface area contributed by atoms with Gasteiger partial charge in [-0.3, -0.25) is 4.79 Å². The van der Waals surface area contributed by atoms with Crippen LogP contribution in [0.1, 0.15) is 19.8 Å². The van der Waals surface area contributed by atoms with E-state index in [1.807, 2.05) is 31.2 Å². The van der Waals surface area contributed by atoms with Gasteiger partial charge in [-0.2, -0.15) is 4.98 Å². The lowest BCUT2D eigenvalue weighted by molar-refractivity contribution is -0.120. The number of nitrogens with one attached hydrogen (secondary N) is 1. The predicted molar refractivity (Wildman–Crippen MR) is 126 cm³/mol. The van der Waals surface area contributed by atoms with Crippen molar-refractivity contribution in [2.45, 2.75) is 19.8 Å². The summed E-state index contributed by atoms with van der Waals surface area (Å²) in [6.45, 7) is 3.77. The van der Waals surface area contributed by atoms with Crippen LogP contribution < -0.4 is 15.0 Å². The number of anilines is 2. The SMILES string of the molecule is CCOc1ccc(NC(=O)[C@@H]2CCCN(c3ncnc4onc(-c5ccc(F)cc5)c34)C2)cc1. The first-order valence-electron chi connectivity index (χ1n) is 11.3. The fourth-order valence-corrected chi connectivity index (χ4v) is 4.25. The molecule has 1 aliphatic rings. The summed E-state index contributed by atoms with van der Waals surface area (Å²) in [6, 6.07) is 13.4. The highest BCUT2D eigenvalue weighted by Crippen LogP contribution is 2.35. The summed E-state index contributed by atoms with van der Waals surface area (Å²) < 4.78 is 24.3. The van der Waals surface area contributed by atoms with E-state index in [1.54, 1.807) is 12.1 Å². The first-order valence-corrected chi connectivity index (χ1v) is 11.3. The number of fused-ring (bicyclic) bond motifs is 1. The molecule has 0 bridgehead atoms. The van der Waals surface area contributed by atoms with Crippen molar-refractivity contribution in [1.82, 2.24) is 15.1 Å². The van der Waals surface area contributed by atoms with E-state index < -0.39 is 0 Å². The Hall–Kier alpha value is -4.01. The van der Waals surface area contributed by atoms with Crippen LogP contribution in [-0.4, -0.2) is 40.7 Å². The van der Waals surface area contributed by atoms with E-state index in [4.69, 9.17) is 9.26 Å². The Balaban J connectivity index is 1.37. The van der Waals surface area contributed by atoms with Crippen LogP contribution in [-0.2, 0) is 4.79 Å². The molecule has 174 valence electrons. The summed E-state index contributed by atoms with van der Waals surface area (Å²) >= 11 is 0. The molecule has 1 saturated heterocycles. The zero-order chi connectivity index (χ0) is 23.5. The van der Waals surface area contributed by atoms with Crippen molar-refractivity contribution < 1.29 is 18.4 Å². The third-order valence-corrected chi connectivity index (χ3v) is 5.89. The van der Waals surface area contributed by atoms with Gasteiger partial charge in [-0.1, -0.05) is 5.16 Å². The lowest BCUT2D eigenvalue weighted by Crippen LogP contribution is -2.41. The molecule has 1 N–H and O–H groups in total. The number of nitrogens with zero attached hydrogens (tertiary/aromatic N) is 4. The number of carbonyl (C=O) groups is 1. The van der Waals surface area contributed by atoms with Gasteiger partial charge >= 0.3 is 0 Å². The Morgan fingerprint density at radius 2 is 1.97 bits per heavy atom. The maximum atomic E-state index is 13.4. The van der Waals surface area contributed by atoms with Gasteiger partial charge in [0, 0.05) is 24.3 Å². The summed E-state index contributed by atoms with van der Waals surface area (Å²) in [4.78, 5) is 23.8. The predicted octanol–water partition coefficient (Wildman–Crippen LogP) is 4.68. The molecule has 2 aromatic carbocycles. The van der Waals surface area contributed by atoms with Crippen LogP contribution in [0.15, 0.2) is 59.4 Å². The highest BCUT2D eigenvalue weighted by Gasteiger charge is 2.29. The number of hydrogen-bond donors (Lipinski definition) is 1. The molecule has 8 nitrogen and oxygen atoms in total. The second-order valence-corrected chi connectivity index (χ2v) is 8.15. The first-order chi connectivity index (χ1) is 16.6. The molecule has 1 fully saturated rings. The molecule has 1 amide bonds. The third kappa shape index (κ3) is 4.41. The number of amides is 1. The Labute approximate surface area is 195 Å². The normalized spacial score (nSPS) is 15.9. The van der Waals surface area contributed by atoms with Gasteiger partial charge in [0.15, 0.2) is 0 Å². The van der Waals surface area contributed by atoms with Gasteiger partial charge in [-0.25, -0.2) is 9.37 Å². The molecule has 0 aliphatic carbocycles. The zero-order valence-corrected chi connectivity index (χ0v) is 18.7. The average molecular weight is 461 g/mol. The van der Waals surface area contributed by atoms with Crippen molar-refractivity contribution in [2.24, 2.45) is 5.92 Å². The molecule has 0 spiro atoms. The van der Waals surface area contributed by atoms with Crippen molar-refractivity contribution in [3.63, 3.8) is 0 Å². The van der Waals surface area contributed by atoms with Crippen LogP contribution in [0.2, 0.25) is 0 Å². The number of carbonyl (C=O) groups excluding carboxylic acids is 1. The van der Waals surface area contributed by atoms with Gasteiger partial charge in [-0.05, 0) is 68.3 Å². The molecule has 34 heavy (non-hydrogen) atoms. The highest BCUT2D eigenvalue weighted by atomic mass is 19.1. The van der Waals surface area contributed by atoms with Crippen molar-refractivity contribution in [3.8, 4) is 17.0 Å². The Kier molecular flexibility index (Phi) is 6.07. The van der Waals surface area contributed by atoms with E-state index in [9.17, 15) is 9.18 Å². The minimum Gasteiger partial charge on any atom is -0.494 e. The molecule has 3 heterocycles. The summed E-state index contributed by atoms with van der Waals surface area (Å²) in [5, 5.41) is 7.83. The minimum atomic E-state index is -0.328. The first kappa shape index (κ1) is 21.8. The van der Waals surface area contributed by atoms with E-state index in [-0.39, 0.29) is 17.6 Å². The number of hydrogen-bond acceptors (Lipinski definition) is 7. The van der Waals surface area contributed by atoms with Gasteiger partial charge in [0.25, 0.3) is 5.71 Å². The number of benzene rings is 2. The highest BCUT2D eigenvalue weighted by molar-refractivity contribution is 5.98. The molecular weight excluding hydrogens is 437 g/mol.